The topological polar surface area (TPSA) is 58.4 Å². The van der Waals surface area contributed by atoms with Gasteiger partial charge in [-0.1, -0.05) is 37.6 Å². The predicted octanol–water partition coefficient (Wildman–Crippen LogP) is 2.40. The molecule has 1 saturated heterocycles. The van der Waals surface area contributed by atoms with Gasteiger partial charge in [0.25, 0.3) is 0 Å². The molecule has 1 unspecified atom stereocenters. The smallest absolute Gasteiger partial charge is 0.222 e. The number of para-hydroxylation sites is 1. The third-order valence-electron chi connectivity index (χ3n) is 3.85. The lowest BCUT2D eigenvalue weighted by Crippen LogP contribution is -2.28. The molecule has 1 fully saturated rings. The Bertz CT molecular complexity index is 504. The highest BCUT2D eigenvalue weighted by atomic mass is 35.5. The summed E-state index contributed by atoms with van der Waals surface area (Å²) in [5.41, 5.74) is 7.63. The van der Waals surface area contributed by atoms with E-state index in [9.17, 15) is 4.79 Å². The molecule has 1 aromatic rings. The first-order chi connectivity index (χ1) is 9.99. The lowest BCUT2D eigenvalue weighted by atomic mass is 10.1. The van der Waals surface area contributed by atoms with Gasteiger partial charge in [-0.05, 0) is 30.5 Å². The Morgan fingerprint density at radius 2 is 2.29 bits per heavy atom. The van der Waals surface area contributed by atoms with Gasteiger partial charge in [0.2, 0.25) is 5.91 Å². The minimum absolute atomic E-state index is 0.0715. The molecular weight excluding hydrogens is 286 g/mol. The average molecular weight is 310 g/mol. The minimum Gasteiger partial charge on any atom is -0.369 e. The molecule has 0 radical (unpaired) electrons. The molecule has 5 heteroatoms. The van der Waals surface area contributed by atoms with E-state index in [1.807, 2.05) is 12.1 Å². The molecule has 1 aliphatic heterocycles. The monoisotopic (exact) mass is 309 g/mol. The number of hydrogen-bond acceptors (Lipinski definition) is 3. The summed E-state index contributed by atoms with van der Waals surface area (Å²) in [6.07, 6.45) is 0.805. The number of carbonyl (C=O) groups is 1. The van der Waals surface area contributed by atoms with Crippen LogP contribution in [0.4, 0.5) is 5.69 Å². The molecule has 4 nitrogen and oxygen atoms in total. The SMILES string of the molecule is CC(C)CNCc1cccc(Cl)c1N1CCC(C(N)=O)C1. The fourth-order valence-electron chi connectivity index (χ4n) is 2.75. The summed E-state index contributed by atoms with van der Waals surface area (Å²) in [6.45, 7) is 7.61. The van der Waals surface area contributed by atoms with Crippen molar-refractivity contribution in [2.45, 2.75) is 26.8 Å². The van der Waals surface area contributed by atoms with Crippen LogP contribution in [0.5, 0.6) is 0 Å². The van der Waals surface area contributed by atoms with Crippen molar-refractivity contribution in [2.24, 2.45) is 17.6 Å². The third kappa shape index (κ3) is 4.11. The van der Waals surface area contributed by atoms with Gasteiger partial charge in [0.15, 0.2) is 0 Å². The molecule has 2 rings (SSSR count). The Kier molecular flexibility index (Phi) is 5.48. The Morgan fingerprint density at radius 3 is 2.90 bits per heavy atom. The van der Waals surface area contributed by atoms with Crippen LogP contribution < -0.4 is 16.0 Å². The van der Waals surface area contributed by atoms with Crippen molar-refractivity contribution in [3.8, 4) is 0 Å². The number of rotatable bonds is 6. The standard InChI is InChI=1S/C16H24ClN3O/c1-11(2)8-19-9-12-4-3-5-14(17)15(12)20-7-6-13(10-20)16(18)21/h3-5,11,13,19H,6-10H2,1-2H3,(H2,18,21). The molecule has 21 heavy (non-hydrogen) atoms. The summed E-state index contributed by atoms with van der Waals surface area (Å²) in [5, 5.41) is 4.19. The van der Waals surface area contributed by atoms with Crippen molar-refractivity contribution >= 4 is 23.2 Å². The number of nitrogens with two attached hydrogens (primary N) is 1. The molecule has 0 spiro atoms. The summed E-state index contributed by atoms with van der Waals surface area (Å²) < 4.78 is 0. The number of nitrogens with one attached hydrogen (secondary N) is 1. The minimum atomic E-state index is -0.218. The molecular formula is C16H24ClN3O. The number of carbonyl (C=O) groups excluding carboxylic acids is 1. The van der Waals surface area contributed by atoms with Crippen molar-refractivity contribution < 1.29 is 4.79 Å². The van der Waals surface area contributed by atoms with Crippen molar-refractivity contribution in [1.29, 1.82) is 0 Å². The third-order valence-corrected chi connectivity index (χ3v) is 4.15. The Hall–Kier alpha value is -1.26. The van der Waals surface area contributed by atoms with Crippen LogP contribution in [0.3, 0.4) is 0 Å². The highest BCUT2D eigenvalue weighted by Gasteiger charge is 2.28. The summed E-state index contributed by atoms with van der Waals surface area (Å²) in [4.78, 5) is 13.5. The van der Waals surface area contributed by atoms with E-state index in [1.54, 1.807) is 0 Å². The number of halogens is 1. The Morgan fingerprint density at radius 1 is 1.52 bits per heavy atom. The fourth-order valence-corrected chi connectivity index (χ4v) is 3.06. The predicted molar refractivity (Wildman–Crippen MR) is 87.5 cm³/mol. The maximum absolute atomic E-state index is 11.3. The first kappa shape index (κ1) is 16.1. The van der Waals surface area contributed by atoms with Crippen molar-refractivity contribution in [2.75, 3.05) is 24.5 Å². The zero-order chi connectivity index (χ0) is 15.4. The van der Waals surface area contributed by atoms with Crippen LogP contribution in [-0.2, 0) is 11.3 Å². The van der Waals surface area contributed by atoms with Gasteiger partial charge in [-0.3, -0.25) is 4.79 Å². The van der Waals surface area contributed by atoms with E-state index in [2.05, 4.69) is 30.1 Å². The van der Waals surface area contributed by atoms with E-state index in [4.69, 9.17) is 17.3 Å². The number of anilines is 1. The van der Waals surface area contributed by atoms with Gasteiger partial charge in [-0.25, -0.2) is 0 Å². The van der Waals surface area contributed by atoms with Crippen LogP contribution >= 0.6 is 11.6 Å². The molecule has 0 aromatic heterocycles. The lowest BCUT2D eigenvalue weighted by Gasteiger charge is -2.23. The van der Waals surface area contributed by atoms with E-state index in [-0.39, 0.29) is 11.8 Å². The lowest BCUT2D eigenvalue weighted by molar-refractivity contribution is -0.121. The number of benzene rings is 1. The maximum Gasteiger partial charge on any atom is 0.222 e. The van der Waals surface area contributed by atoms with Gasteiger partial charge >= 0.3 is 0 Å². The molecule has 1 atom stereocenters. The molecule has 1 aliphatic rings. The molecule has 0 aliphatic carbocycles. The zero-order valence-corrected chi connectivity index (χ0v) is 13.5. The zero-order valence-electron chi connectivity index (χ0n) is 12.7. The number of hydrogen-bond donors (Lipinski definition) is 2. The Labute approximate surface area is 131 Å². The molecule has 0 saturated carbocycles. The first-order valence-electron chi connectivity index (χ1n) is 7.51. The second-order valence-corrected chi connectivity index (χ2v) is 6.51. The van der Waals surface area contributed by atoms with Gasteiger partial charge in [-0.15, -0.1) is 0 Å². The highest BCUT2D eigenvalue weighted by Crippen LogP contribution is 2.33. The summed E-state index contributed by atoms with van der Waals surface area (Å²) >= 11 is 6.39. The van der Waals surface area contributed by atoms with Crippen LogP contribution in [0, 0.1) is 11.8 Å². The average Bonchev–Trinajstić information content (AvgIpc) is 2.88. The van der Waals surface area contributed by atoms with E-state index in [0.717, 1.165) is 36.8 Å². The van der Waals surface area contributed by atoms with Crippen LogP contribution in [0.25, 0.3) is 0 Å². The van der Waals surface area contributed by atoms with Gasteiger partial charge in [-0.2, -0.15) is 0 Å². The summed E-state index contributed by atoms with van der Waals surface area (Å²) in [7, 11) is 0. The molecule has 1 aromatic carbocycles. The maximum atomic E-state index is 11.3. The van der Waals surface area contributed by atoms with Gasteiger partial charge in [0.05, 0.1) is 16.6 Å². The van der Waals surface area contributed by atoms with Crippen LogP contribution in [0.1, 0.15) is 25.8 Å². The molecule has 1 amide bonds. The highest BCUT2D eigenvalue weighted by molar-refractivity contribution is 6.33. The normalized spacial score (nSPS) is 18.5. The van der Waals surface area contributed by atoms with Crippen LogP contribution in [-0.4, -0.2) is 25.5 Å². The molecule has 1 heterocycles. The summed E-state index contributed by atoms with van der Waals surface area (Å²) in [6, 6.07) is 5.96. The van der Waals surface area contributed by atoms with E-state index in [0.29, 0.717) is 12.5 Å². The van der Waals surface area contributed by atoms with Crippen LogP contribution in [0.15, 0.2) is 18.2 Å². The first-order valence-corrected chi connectivity index (χ1v) is 7.89. The van der Waals surface area contributed by atoms with Gasteiger partial charge in [0.1, 0.15) is 0 Å². The van der Waals surface area contributed by atoms with Crippen LogP contribution in [0.2, 0.25) is 5.02 Å². The number of primary amides is 1. The fraction of sp³-hybridized carbons (Fsp3) is 0.562. The van der Waals surface area contributed by atoms with Crippen molar-refractivity contribution in [3.63, 3.8) is 0 Å². The van der Waals surface area contributed by atoms with E-state index < -0.39 is 0 Å². The van der Waals surface area contributed by atoms with Crippen molar-refractivity contribution in [3.05, 3.63) is 28.8 Å². The number of nitrogens with zero attached hydrogens (tertiary/aromatic N) is 1. The van der Waals surface area contributed by atoms with E-state index >= 15 is 0 Å². The second-order valence-electron chi connectivity index (χ2n) is 6.11. The number of amides is 1. The Balaban J connectivity index is 2.12. The molecule has 116 valence electrons. The van der Waals surface area contributed by atoms with Crippen molar-refractivity contribution in [1.82, 2.24) is 5.32 Å². The molecule has 3 N–H and O–H groups in total. The van der Waals surface area contributed by atoms with E-state index in [1.165, 1.54) is 5.56 Å². The largest absolute Gasteiger partial charge is 0.369 e. The quantitative estimate of drug-likeness (QED) is 0.848. The summed E-state index contributed by atoms with van der Waals surface area (Å²) in [5.74, 6) is 0.320. The van der Waals surface area contributed by atoms with Gasteiger partial charge in [0, 0.05) is 19.6 Å². The van der Waals surface area contributed by atoms with Gasteiger partial charge < -0.3 is 16.0 Å². The second kappa shape index (κ2) is 7.14. The molecule has 0 bridgehead atoms.